The van der Waals surface area contributed by atoms with Gasteiger partial charge in [0.15, 0.2) is 0 Å². The molecule has 0 aliphatic rings. The Morgan fingerprint density at radius 3 is 2.52 bits per heavy atom. The van der Waals surface area contributed by atoms with E-state index in [0.717, 1.165) is 11.1 Å². The molecular formula is C17H17Cl2NO. The molecular weight excluding hydrogens is 305 g/mol. The van der Waals surface area contributed by atoms with Gasteiger partial charge in [-0.05, 0) is 30.5 Å². The average Bonchev–Trinajstić information content (AvgIpc) is 2.49. The monoisotopic (exact) mass is 321 g/mol. The molecule has 21 heavy (non-hydrogen) atoms. The highest BCUT2D eigenvalue weighted by Crippen LogP contribution is 2.26. The summed E-state index contributed by atoms with van der Waals surface area (Å²) < 4.78 is 0. The van der Waals surface area contributed by atoms with Gasteiger partial charge in [0.1, 0.15) is 0 Å². The number of halogens is 2. The first-order chi connectivity index (χ1) is 10.1. The van der Waals surface area contributed by atoms with Gasteiger partial charge in [0.2, 0.25) is 5.91 Å². The summed E-state index contributed by atoms with van der Waals surface area (Å²) in [5.74, 6) is 0.00222. The van der Waals surface area contributed by atoms with E-state index >= 15 is 0 Å². The third-order valence-corrected chi connectivity index (χ3v) is 4.19. The number of nitrogens with one attached hydrogen (secondary N) is 1. The zero-order valence-corrected chi connectivity index (χ0v) is 13.3. The molecule has 0 aliphatic heterocycles. The molecule has 0 aliphatic carbocycles. The molecule has 1 amide bonds. The van der Waals surface area contributed by atoms with Gasteiger partial charge >= 0.3 is 0 Å². The van der Waals surface area contributed by atoms with Crippen molar-refractivity contribution in [2.24, 2.45) is 0 Å². The van der Waals surface area contributed by atoms with Crippen LogP contribution in [0.5, 0.6) is 0 Å². The number of hydrogen-bond acceptors (Lipinski definition) is 1. The predicted molar refractivity (Wildman–Crippen MR) is 87.8 cm³/mol. The summed E-state index contributed by atoms with van der Waals surface area (Å²) in [7, 11) is 0. The van der Waals surface area contributed by atoms with Crippen LogP contribution in [0.4, 0.5) is 0 Å². The van der Waals surface area contributed by atoms with E-state index in [1.165, 1.54) is 0 Å². The Morgan fingerprint density at radius 2 is 1.81 bits per heavy atom. The van der Waals surface area contributed by atoms with E-state index < -0.39 is 0 Å². The SMILES string of the molecule is CC(NC(=O)CCc1cccc(Cl)c1Cl)c1ccccc1. The minimum Gasteiger partial charge on any atom is -0.350 e. The van der Waals surface area contributed by atoms with E-state index in [-0.39, 0.29) is 11.9 Å². The molecule has 1 unspecified atom stereocenters. The molecule has 0 heterocycles. The van der Waals surface area contributed by atoms with E-state index in [4.69, 9.17) is 23.2 Å². The Morgan fingerprint density at radius 1 is 1.10 bits per heavy atom. The Hall–Kier alpha value is -1.51. The zero-order valence-electron chi connectivity index (χ0n) is 11.8. The molecule has 0 saturated heterocycles. The molecule has 2 nitrogen and oxygen atoms in total. The first-order valence-electron chi connectivity index (χ1n) is 6.85. The maximum atomic E-state index is 12.0. The number of amides is 1. The van der Waals surface area contributed by atoms with Crippen LogP contribution in [0.2, 0.25) is 10.0 Å². The van der Waals surface area contributed by atoms with Gasteiger partial charge < -0.3 is 5.32 Å². The quantitative estimate of drug-likeness (QED) is 0.841. The van der Waals surface area contributed by atoms with Crippen molar-refractivity contribution >= 4 is 29.1 Å². The largest absolute Gasteiger partial charge is 0.350 e. The predicted octanol–water partition coefficient (Wildman–Crippen LogP) is 4.80. The van der Waals surface area contributed by atoms with Gasteiger partial charge in [-0.2, -0.15) is 0 Å². The fourth-order valence-electron chi connectivity index (χ4n) is 2.13. The molecule has 0 bridgehead atoms. The Kier molecular flexibility index (Phi) is 5.66. The molecule has 0 fully saturated rings. The first kappa shape index (κ1) is 15.9. The van der Waals surface area contributed by atoms with Crippen LogP contribution < -0.4 is 5.32 Å². The molecule has 2 rings (SSSR count). The standard InChI is InChI=1S/C17H17Cl2NO/c1-12(13-6-3-2-4-7-13)20-16(21)11-10-14-8-5-9-15(18)17(14)19/h2-9,12H,10-11H2,1H3,(H,20,21). The van der Waals surface area contributed by atoms with Crippen LogP contribution in [0.1, 0.15) is 30.5 Å². The first-order valence-corrected chi connectivity index (χ1v) is 7.60. The van der Waals surface area contributed by atoms with Crippen LogP contribution in [-0.4, -0.2) is 5.91 Å². The van der Waals surface area contributed by atoms with Gasteiger partial charge in [0, 0.05) is 6.42 Å². The molecule has 0 radical (unpaired) electrons. The second kappa shape index (κ2) is 7.48. The van der Waals surface area contributed by atoms with Gasteiger partial charge in [0.25, 0.3) is 0 Å². The van der Waals surface area contributed by atoms with Crippen molar-refractivity contribution in [2.45, 2.75) is 25.8 Å². The Bertz CT molecular complexity index is 613. The van der Waals surface area contributed by atoms with Crippen molar-refractivity contribution < 1.29 is 4.79 Å². The van der Waals surface area contributed by atoms with Crippen LogP contribution in [0, 0.1) is 0 Å². The number of rotatable bonds is 5. The van der Waals surface area contributed by atoms with E-state index in [0.29, 0.717) is 22.9 Å². The van der Waals surface area contributed by atoms with Crippen molar-refractivity contribution in [3.8, 4) is 0 Å². The topological polar surface area (TPSA) is 29.1 Å². The molecule has 0 spiro atoms. The lowest BCUT2D eigenvalue weighted by molar-refractivity contribution is -0.121. The Balaban J connectivity index is 1.89. The van der Waals surface area contributed by atoms with Crippen LogP contribution in [0.3, 0.4) is 0 Å². The van der Waals surface area contributed by atoms with Gasteiger partial charge in [-0.3, -0.25) is 4.79 Å². The second-order valence-electron chi connectivity index (χ2n) is 4.91. The highest BCUT2D eigenvalue weighted by molar-refractivity contribution is 6.42. The Labute approximate surface area is 135 Å². The maximum absolute atomic E-state index is 12.0. The fourth-order valence-corrected chi connectivity index (χ4v) is 2.54. The highest BCUT2D eigenvalue weighted by Gasteiger charge is 2.11. The number of aryl methyl sites for hydroxylation is 1. The normalized spacial score (nSPS) is 12.0. The summed E-state index contributed by atoms with van der Waals surface area (Å²) >= 11 is 12.1. The summed E-state index contributed by atoms with van der Waals surface area (Å²) in [6.07, 6.45) is 0.962. The molecule has 4 heteroatoms. The number of carbonyl (C=O) groups excluding carboxylic acids is 1. The number of carbonyl (C=O) groups is 1. The number of benzene rings is 2. The molecule has 110 valence electrons. The third-order valence-electron chi connectivity index (χ3n) is 3.33. The highest BCUT2D eigenvalue weighted by atomic mass is 35.5. The van der Waals surface area contributed by atoms with Crippen LogP contribution in [-0.2, 0) is 11.2 Å². The van der Waals surface area contributed by atoms with Crippen molar-refractivity contribution in [3.05, 3.63) is 69.7 Å². The van der Waals surface area contributed by atoms with Crippen molar-refractivity contribution in [3.63, 3.8) is 0 Å². The van der Waals surface area contributed by atoms with Gasteiger partial charge in [0.05, 0.1) is 16.1 Å². The van der Waals surface area contributed by atoms with Gasteiger partial charge in [-0.15, -0.1) is 0 Å². The summed E-state index contributed by atoms with van der Waals surface area (Å²) in [6, 6.07) is 15.3. The number of hydrogen-bond donors (Lipinski definition) is 1. The minimum atomic E-state index is -0.00599. The zero-order chi connectivity index (χ0) is 15.2. The smallest absolute Gasteiger partial charge is 0.220 e. The second-order valence-corrected chi connectivity index (χ2v) is 5.70. The van der Waals surface area contributed by atoms with Crippen LogP contribution in [0.15, 0.2) is 48.5 Å². The minimum absolute atomic E-state index is 0.00222. The fraction of sp³-hybridized carbons (Fsp3) is 0.235. The summed E-state index contributed by atoms with van der Waals surface area (Å²) in [6.45, 7) is 1.97. The molecule has 1 N–H and O–H groups in total. The summed E-state index contributed by atoms with van der Waals surface area (Å²) in [5.41, 5.74) is 1.98. The molecule has 2 aromatic carbocycles. The lowest BCUT2D eigenvalue weighted by Gasteiger charge is -2.14. The molecule has 0 saturated carbocycles. The maximum Gasteiger partial charge on any atom is 0.220 e. The summed E-state index contributed by atoms with van der Waals surface area (Å²) in [4.78, 5) is 12.0. The van der Waals surface area contributed by atoms with Crippen molar-refractivity contribution in [1.82, 2.24) is 5.32 Å². The van der Waals surface area contributed by atoms with Crippen molar-refractivity contribution in [2.75, 3.05) is 0 Å². The summed E-state index contributed by atoms with van der Waals surface area (Å²) in [5, 5.41) is 4.04. The molecule has 1 atom stereocenters. The lowest BCUT2D eigenvalue weighted by Crippen LogP contribution is -2.26. The molecule has 0 aromatic heterocycles. The lowest BCUT2D eigenvalue weighted by atomic mass is 10.1. The van der Waals surface area contributed by atoms with Gasteiger partial charge in [-0.1, -0.05) is 65.7 Å². The van der Waals surface area contributed by atoms with E-state index in [1.54, 1.807) is 6.07 Å². The average molecular weight is 322 g/mol. The van der Waals surface area contributed by atoms with E-state index in [9.17, 15) is 4.79 Å². The van der Waals surface area contributed by atoms with E-state index in [2.05, 4.69) is 5.32 Å². The van der Waals surface area contributed by atoms with Crippen LogP contribution in [0.25, 0.3) is 0 Å². The van der Waals surface area contributed by atoms with Crippen molar-refractivity contribution in [1.29, 1.82) is 0 Å². The molecule has 2 aromatic rings. The van der Waals surface area contributed by atoms with Gasteiger partial charge in [-0.25, -0.2) is 0 Å². The third kappa shape index (κ3) is 4.48. The van der Waals surface area contributed by atoms with Crippen LogP contribution >= 0.6 is 23.2 Å². The van der Waals surface area contributed by atoms with E-state index in [1.807, 2.05) is 49.4 Å².